The Bertz CT molecular complexity index is 754. The van der Waals surface area contributed by atoms with Crippen LogP contribution in [0.1, 0.15) is 30.9 Å². The van der Waals surface area contributed by atoms with Crippen LogP contribution < -0.4 is 5.32 Å². The zero-order valence-electron chi connectivity index (χ0n) is 13.4. The van der Waals surface area contributed by atoms with Gasteiger partial charge < -0.3 is 15.5 Å². The summed E-state index contributed by atoms with van der Waals surface area (Å²) in [6.07, 6.45) is 2.55. The van der Waals surface area contributed by atoms with E-state index in [9.17, 15) is 23.1 Å². The van der Waals surface area contributed by atoms with Gasteiger partial charge in [0.2, 0.25) is 5.91 Å². The monoisotopic (exact) mass is 355 g/mol. The van der Waals surface area contributed by atoms with Crippen molar-refractivity contribution in [3.63, 3.8) is 0 Å². The number of rotatable bonds is 7. The number of carboxylic acid groups (broad SMARTS) is 1. The third-order valence-corrected chi connectivity index (χ3v) is 5.83. The zero-order chi connectivity index (χ0) is 18.0. The molecule has 24 heavy (non-hydrogen) atoms. The van der Waals surface area contributed by atoms with Gasteiger partial charge in [-0.25, -0.2) is 13.2 Å². The summed E-state index contributed by atoms with van der Waals surface area (Å²) >= 11 is 0. The van der Waals surface area contributed by atoms with E-state index >= 15 is 0 Å². The predicted molar refractivity (Wildman–Crippen MR) is 86.4 cm³/mol. The van der Waals surface area contributed by atoms with Crippen LogP contribution in [0.5, 0.6) is 0 Å². The van der Waals surface area contributed by atoms with Gasteiger partial charge in [-0.05, 0) is 49.4 Å². The molecule has 0 saturated carbocycles. The summed E-state index contributed by atoms with van der Waals surface area (Å²) in [5, 5.41) is 20.5. The highest BCUT2D eigenvalue weighted by Crippen LogP contribution is 2.25. The number of hydrogen-bond acceptors (Lipinski definition) is 5. The predicted octanol–water partition coefficient (Wildman–Crippen LogP) is 0.291. The summed E-state index contributed by atoms with van der Waals surface area (Å²) in [6, 6.07) is 5.05. The summed E-state index contributed by atoms with van der Waals surface area (Å²) in [5.41, 5.74) is 0.120. The zero-order valence-corrected chi connectivity index (χ0v) is 14.2. The fourth-order valence-electron chi connectivity index (χ4n) is 2.52. The lowest BCUT2D eigenvalue weighted by molar-refractivity contribution is -0.156. The van der Waals surface area contributed by atoms with Crippen molar-refractivity contribution in [3.05, 3.63) is 29.3 Å². The fourth-order valence-corrected chi connectivity index (χ4v) is 3.81. The summed E-state index contributed by atoms with van der Waals surface area (Å²) in [4.78, 5) is 22.6. The number of carbonyl (C=O) groups is 2. The van der Waals surface area contributed by atoms with Crippen LogP contribution in [0.4, 0.5) is 0 Å². The first-order chi connectivity index (χ1) is 11.1. The number of carboxylic acids is 1. The van der Waals surface area contributed by atoms with Crippen LogP contribution in [0, 0.1) is 0 Å². The van der Waals surface area contributed by atoms with Gasteiger partial charge >= 0.3 is 5.97 Å². The molecule has 1 amide bonds. The van der Waals surface area contributed by atoms with Gasteiger partial charge in [0, 0.05) is 6.42 Å². The molecular formula is C16H21NO6S. The number of carbonyl (C=O) groups excluding carboxylic acids is 1. The molecule has 132 valence electrons. The van der Waals surface area contributed by atoms with Gasteiger partial charge in [0.05, 0.1) is 17.2 Å². The highest BCUT2D eigenvalue weighted by Gasteiger charge is 2.30. The van der Waals surface area contributed by atoms with E-state index in [1.165, 1.54) is 5.56 Å². The lowest BCUT2D eigenvalue weighted by Gasteiger charge is -2.18. The van der Waals surface area contributed by atoms with Crippen molar-refractivity contribution in [3.8, 4) is 0 Å². The molecule has 0 radical (unpaired) electrons. The second kappa shape index (κ2) is 6.90. The molecule has 1 atom stereocenters. The quantitative estimate of drug-likeness (QED) is 0.646. The van der Waals surface area contributed by atoms with E-state index in [0.717, 1.165) is 31.7 Å². The lowest BCUT2D eigenvalue weighted by Crippen LogP contribution is -2.46. The molecule has 0 aliphatic heterocycles. The van der Waals surface area contributed by atoms with Crippen molar-refractivity contribution in [2.75, 3.05) is 12.3 Å². The molecule has 0 spiro atoms. The molecule has 0 fully saturated rings. The van der Waals surface area contributed by atoms with Crippen molar-refractivity contribution < 1.29 is 28.2 Å². The van der Waals surface area contributed by atoms with Crippen LogP contribution in [0.15, 0.2) is 23.1 Å². The Morgan fingerprint density at radius 2 is 1.92 bits per heavy atom. The summed E-state index contributed by atoms with van der Waals surface area (Å²) < 4.78 is 24.6. The Morgan fingerprint density at radius 1 is 1.25 bits per heavy atom. The smallest absolute Gasteiger partial charge is 0.337 e. The van der Waals surface area contributed by atoms with E-state index in [2.05, 4.69) is 5.32 Å². The minimum atomic E-state index is -3.59. The van der Waals surface area contributed by atoms with Crippen molar-refractivity contribution >= 4 is 21.7 Å². The molecule has 1 aliphatic rings. The van der Waals surface area contributed by atoms with Crippen molar-refractivity contribution in [1.29, 1.82) is 0 Å². The maximum Gasteiger partial charge on any atom is 0.337 e. The molecular weight excluding hydrogens is 334 g/mol. The van der Waals surface area contributed by atoms with E-state index in [-0.39, 0.29) is 17.1 Å². The van der Waals surface area contributed by atoms with E-state index in [4.69, 9.17) is 5.11 Å². The topological polar surface area (TPSA) is 121 Å². The van der Waals surface area contributed by atoms with Gasteiger partial charge in [0.1, 0.15) is 0 Å². The number of fused-ring (bicyclic) bond motifs is 1. The van der Waals surface area contributed by atoms with E-state index in [1.807, 2.05) is 6.07 Å². The van der Waals surface area contributed by atoms with E-state index < -0.39 is 33.9 Å². The summed E-state index contributed by atoms with van der Waals surface area (Å²) in [6.45, 7) is 0.566. The Morgan fingerprint density at radius 3 is 2.58 bits per heavy atom. The summed E-state index contributed by atoms with van der Waals surface area (Å²) in [7, 11) is -3.59. The average Bonchev–Trinajstić information content (AvgIpc) is 2.98. The SMILES string of the molecule is CC(O)(CNC(=O)CCS(=O)(=O)c1ccc2c(c1)CCC2)C(=O)O. The second-order valence-corrected chi connectivity index (χ2v) is 8.32. The molecule has 3 N–H and O–H groups in total. The van der Waals surface area contributed by atoms with Crippen LogP contribution >= 0.6 is 0 Å². The molecule has 0 heterocycles. The molecule has 1 aliphatic carbocycles. The first-order valence-corrected chi connectivity index (χ1v) is 9.34. The highest BCUT2D eigenvalue weighted by molar-refractivity contribution is 7.91. The largest absolute Gasteiger partial charge is 0.479 e. The van der Waals surface area contributed by atoms with Crippen LogP contribution in [-0.4, -0.2) is 48.4 Å². The minimum absolute atomic E-state index is 0.202. The number of benzene rings is 1. The number of sulfone groups is 1. The van der Waals surface area contributed by atoms with Crippen LogP contribution in [0.25, 0.3) is 0 Å². The van der Waals surface area contributed by atoms with Crippen LogP contribution in [-0.2, 0) is 32.3 Å². The van der Waals surface area contributed by atoms with E-state index in [0.29, 0.717) is 0 Å². The molecule has 0 aromatic heterocycles. The van der Waals surface area contributed by atoms with Gasteiger partial charge in [-0.1, -0.05) is 6.07 Å². The van der Waals surface area contributed by atoms with Gasteiger partial charge in [0.15, 0.2) is 15.4 Å². The number of aliphatic hydroxyl groups is 1. The molecule has 1 aromatic rings. The number of amides is 1. The van der Waals surface area contributed by atoms with Gasteiger partial charge in [-0.15, -0.1) is 0 Å². The molecule has 1 aromatic carbocycles. The molecule has 8 heteroatoms. The van der Waals surface area contributed by atoms with Crippen molar-refractivity contribution in [1.82, 2.24) is 5.32 Å². The Kier molecular flexibility index (Phi) is 5.29. The highest BCUT2D eigenvalue weighted by atomic mass is 32.2. The maximum atomic E-state index is 12.3. The number of nitrogens with one attached hydrogen (secondary N) is 1. The van der Waals surface area contributed by atoms with Crippen molar-refractivity contribution in [2.45, 2.75) is 43.1 Å². The molecule has 7 nitrogen and oxygen atoms in total. The minimum Gasteiger partial charge on any atom is -0.479 e. The Labute approximate surface area is 140 Å². The lowest BCUT2D eigenvalue weighted by atomic mass is 10.1. The molecule has 0 saturated heterocycles. The van der Waals surface area contributed by atoms with E-state index in [1.54, 1.807) is 12.1 Å². The molecule has 1 unspecified atom stereocenters. The molecule has 0 bridgehead atoms. The normalized spacial score (nSPS) is 16.2. The number of aryl methyl sites for hydroxylation is 2. The van der Waals surface area contributed by atoms with Gasteiger partial charge in [-0.3, -0.25) is 4.79 Å². The van der Waals surface area contributed by atoms with Gasteiger partial charge in [-0.2, -0.15) is 0 Å². The third-order valence-electron chi connectivity index (χ3n) is 4.12. The summed E-state index contributed by atoms with van der Waals surface area (Å²) in [5.74, 6) is -2.46. The van der Waals surface area contributed by atoms with Crippen LogP contribution in [0.2, 0.25) is 0 Å². The average molecular weight is 355 g/mol. The van der Waals surface area contributed by atoms with Gasteiger partial charge in [0.25, 0.3) is 0 Å². The second-order valence-electron chi connectivity index (χ2n) is 6.21. The third kappa shape index (κ3) is 4.33. The first kappa shape index (κ1) is 18.4. The first-order valence-electron chi connectivity index (χ1n) is 7.69. The molecule has 2 rings (SSSR count). The Balaban J connectivity index is 1.93. The number of aliphatic carboxylic acids is 1. The number of hydrogen-bond donors (Lipinski definition) is 3. The standard InChI is InChI=1S/C16H21NO6S/c1-16(21,15(19)20)10-17-14(18)7-8-24(22,23)13-6-5-11-3-2-4-12(11)9-13/h5-6,9,21H,2-4,7-8,10H2,1H3,(H,17,18)(H,19,20). The Hall–Kier alpha value is -1.93. The maximum absolute atomic E-state index is 12.3. The fraction of sp³-hybridized carbons (Fsp3) is 0.500. The van der Waals surface area contributed by atoms with Crippen LogP contribution in [0.3, 0.4) is 0 Å². The van der Waals surface area contributed by atoms with Crippen molar-refractivity contribution in [2.24, 2.45) is 0 Å².